The van der Waals surface area contributed by atoms with E-state index in [0.717, 1.165) is 35.0 Å². The molecular formula is C20H19Cl2N3O2S. The predicted molar refractivity (Wildman–Crippen MR) is 114 cm³/mol. The van der Waals surface area contributed by atoms with Gasteiger partial charge in [-0.05, 0) is 48.9 Å². The molecule has 28 heavy (non-hydrogen) atoms. The number of thiophene rings is 1. The minimum Gasteiger partial charge on any atom is -0.352 e. The lowest BCUT2D eigenvalue weighted by molar-refractivity contribution is -0.121. The molecule has 8 heteroatoms. The number of H-pyrrole nitrogens is 1. The molecule has 0 unspecified atom stereocenters. The van der Waals surface area contributed by atoms with Crippen molar-refractivity contribution in [3.63, 3.8) is 0 Å². The van der Waals surface area contributed by atoms with E-state index in [9.17, 15) is 9.59 Å². The monoisotopic (exact) mass is 435 g/mol. The Morgan fingerprint density at radius 1 is 1.25 bits per heavy atom. The van der Waals surface area contributed by atoms with Gasteiger partial charge < -0.3 is 10.3 Å². The Hall–Kier alpha value is -1.89. The van der Waals surface area contributed by atoms with E-state index in [0.29, 0.717) is 28.8 Å². The number of aryl methyl sites for hydroxylation is 3. The van der Waals surface area contributed by atoms with Crippen LogP contribution in [0.4, 0.5) is 0 Å². The Labute approximate surface area is 176 Å². The average molecular weight is 436 g/mol. The summed E-state index contributed by atoms with van der Waals surface area (Å²) in [5.41, 5.74) is 1.88. The zero-order valence-electron chi connectivity index (χ0n) is 15.1. The van der Waals surface area contributed by atoms with Gasteiger partial charge in [0.2, 0.25) is 5.91 Å². The number of fused-ring (bicyclic) bond motifs is 3. The molecule has 2 N–H and O–H groups in total. The van der Waals surface area contributed by atoms with E-state index >= 15 is 0 Å². The normalized spacial score (nSPS) is 13.5. The van der Waals surface area contributed by atoms with Crippen LogP contribution in [0.15, 0.2) is 23.0 Å². The third kappa shape index (κ3) is 4.09. The molecule has 0 spiro atoms. The maximum absolute atomic E-state index is 12.5. The lowest BCUT2D eigenvalue weighted by Gasteiger charge is -2.09. The lowest BCUT2D eigenvalue weighted by Crippen LogP contribution is -2.24. The molecule has 1 aliphatic carbocycles. The minimum absolute atomic E-state index is 0.0900. The molecule has 1 aliphatic rings. The molecule has 2 aromatic heterocycles. The smallest absolute Gasteiger partial charge is 0.259 e. The van der Waals surface area contributed by atoms with Gasteiger partial charge in [-0.2, -0.15) is 0 Å². The number of hydrogen-bond acceptors (Lipinski definition) is 4. The topological polar surface area (TPSA) is 74.8 Å². The molecule has 2 heterocycles. The Balaban J connectivity index is 1.41. The van der Waals surface area contributed by atoms with Crippen LogP contribution in [0.2, 0.25) is 10.0 Å². The van der Waals surface area contributed by atoms with E-state index in [-0.39, 0.29) is 17.9 Å². The summed E-state index contributed by atoms with van der Waals surface area (Å²) in [7, 11) is 0. The quantitative estimate of drug-likeness (QED) is 0.622. The second kappa shape index (κ2) is 8.23. The first-order valence-electron chi connectivity index (χ1n) is 9.25. The summed E-state index contributed by atoms with van der Waals surface area (Å²) in [6.45, 7) is 0.329. The summed E-state index contributed by atoms with van der Waals surface area (Å²) in [5.74, 6) is 0.426. The van der Waals surface area contributed by atoms with Crippen molar-refractivity contribution in [3.05, 3.63) is 60.4 Å². The summed E-state index contributed by atoms with van der Waals surface area (Å²) in [6, 6.07) is 5.17. The van der Waals surface area contributed by atoms with Crippen molar-refractivity contribution in [2.24, 2.45) is 0 Å². The third-order valence-electron chi connectivity index (χ3n) is 4.95. The number of nitrogens with one attached hydrogen (secondary N) is 2. The Morgan fingerprint density at radius 3 is 2.89 bits per heavy atom. The van der Waals surface area contributed by atoms with Crippen molar-refractivity contribution in [1.29, 1.82) is 0 Å². The highest BCUT2D eigenvalue weighted by Gasteiger charge is 2.19. The van der Waals surface area contributed by atoms with Crippen LogP contribution in [0.1, 0.15) is 41.1 Å². The van der Waals surface area contributed by atoms with Crippen LogP contribution in [0.3, 0.4) is 0 Å². The van der Waals surface area contributed by atoms with Gasteiger partial charge in [-0.15, -0.1) is 11.3 Å². The highest BCUT2D eigenvalue weighted by molar-refractivity contribution is 7.18. The first kappa shape index (κ1) is 19.4. The Kier molecular flexibility index (Phi) is 5.71. The van der Waals surface area contributed by atoms with Gasteiger partial charge in [0, 0.05) is 34.3 Å². The second-order valence-electron chi connectivity index (χ2n) is 6.92. The molecule has 0 aliphatic heterocycles. The zero-order chi connectivity index (χ0) is 19.7. The summed E-state index contributed by atoms with van der Waals surface area (Å²) >= 11 is 13.6. The number of amides is 1. The Bertz CT molecular complexity index is 1110. The maximum Gasteiger partial charge on any atom is 0.259 e. The van der Waals surface area contributed by atoms with Crippen LogP contribution in [0.25, 0.3) is 10.2 Å². The fraction of sp³-hybridized carbons (Fsp3) is 0.350. The predicted octanol–water partition coefficient (Wildman–Crippen LogP) is 4.42. The molecular weight excluding hydrogens is 417 g/mol. The maximum atomic E-state index is 12.5. The summed E-state index contributed by atoms with van der Waals surface area (Å²) in [4.78, 5) is 34.3. The van der Waals surface area contributed by atoms with Crippen LogP contribution < -0.4 is 10.9 Å². The van der Waals surface area contributed by atoms with Crippen molar-refractivity contribution in [3.8, 4) is 0 Å². The molecule has 0 radical (unpaired) electrons. The molecule has 1 aromatic carbocycles. The number of hydrogen-bond donors (Lipinski definition) is 2. The van der Waals surface area contributed by atoms with Gasteiger partial charge in [0.25, 0.3) is 5.56 Å². The van der Waals surface area contributed by atoms with E-state index in [4.69, 9.17) is 23.2 Å². The van der Waals surface area contributed by atoms with Crippen molar-refractivity contribution in [1.82, 2.24) is 15.3 Å². The molecule has 0 bridgehead atoms. The number of benzene rings is 1. The van der Waals surface area contributed by atoms with Gasteiger partial charge in [-0.3, -0.25) is 9.59 Å². The van der Waals surface area contributed by atoms with Gasteiger partial charge in [-0.1, -0.05) is 29.3 Å². The molecule has 0 atom stereocenters. The van der Waals surface area contributed by atoms with E-state index in [1.807, 2.05) is 0 Å². The molecule has 1 amide bonds. The van der Waals surface area contributed by atoms with Crippen molar-refractivity contribution in [2.75, 3.05) is 0 Å². The van der Waals surface area contributed by atoms with E-state index < -0.39 is 0 Å². The number of nitrogens with zero attached hydrogens (tertiary/aromatic N) is 1. The lowest BCUT2D eigenvalue weighted by atomic mass is 9.97. The molecule has 0 saturated heterocycles. The van der Waals surface area contributed by atoms with E-state index in [1.54, 1.807) is 29.5 Å². The minimum atomic E-state index is -0.126. The van der Waals surface area contributed by atoms with E-state index in [1.165, 1.54) is 16.9 Å². The number of aromatic nitrogens is 2. The fourth-order valence-corrected chi connectivity index (χ4v) is 5.26. The standard InChI is InChI=1S/C20H19Cl2N3O2S/c21-12-6-5-11(14(22)9-12)10-23-17(26)8-7-16-24-19(27)18-13-3-1-2-4-15(13)28-20(18)25-16/h5-6,9H,1-4,7-8,10H2,(H,23,26)(H,24,25,27). The molecule has 3 aromatic rings. The first-order chi connectivity index (χ1) is 13.5. The van der Waals surface area contributed by atoms with Gasteiger partial charge in [0.15, 0.2) is 0 Å². The second-order valence-corrected chi connectivity index (χ2v) is 8.84. The van der Waals surface area contributed by atoms with Crippen LogP contribution in [0, 0.1) is 0 Å². The molecule has 0 saturated carbocycles. The highest BCUT2D eigenvalue weighted by Crippen LogP contribution is 2.33. The Morgan fingerprint density at radius 2 is 2.07 bits per heavy atom. The van der Waals surface area contributed by atoms with Gasteiger partial charge in [0.1, 0.15) is 10.7 Å². The van der Waals surface area contributed by atoms with Gasteiger partial charge in [0.05, 0.1) is 5.39 Å². The van der Waals surface area contributed by atoms with Crippen LogP contribution in [-0.2, 0) is 30.6 Å². The first-order valence-corrected chi connectivity index (χ1v) is 10.8. The number of aromatic amines is 1. The van der Waals surface area contributed by atoms with Gasteiger partial charge in [-0.25, -0.2) is 4.98 Å². The fourth-order valence-electron chi connectivity index (χ4n) is 3.51. The van der Waals surface area contributed by atoms with Crippen LogP contribution >= 0.6 is 34.5 Å². The summed E-state index contributed by atoms with van der Waals surface area (Å²) < 4.78 is 0. The zero-order valence-corrected chi connectivity index (χ0v) is 17.4. The largest absolute Gasteiger partial charge is 0.352 e. The molecule has 5 nitrogen and oxygen atoms in total. The number of halogens is 2. The third-order valence-corrected chi connectivity index (χ3v) is 6.73. The average Bonchev–Trinajstić information content (AvgIpc) is 3.04. The van der Waals surface area contributed by atoms with E-state index in [2.05, 4.69) is 15.3 Å². The van der Waals surface area contributed by atoms with Crippen molar-refractivity contribution in [2.45, 2.75) is 45.1 Å². The SMILES string of the molecule is O=C(CCc1nc2sc3c(c2c(=O)[nH]1)CCCC3)NCc1ccc(Cl)cc1Cl. The van der Waals surface area contributed by atoms with Crippen LogP contribution in [-0.4, -0.2) is 15.9 Å². The van der Waals surface area contributed by atoms with Crippen molar-refractivity contribution >= 4 is 50.7 Å². The van der Waals surface area contributed by atoms with Crippen LogP contribution in [0.5, 0.6) is 0 Å². The van der Waals surface area contributed by atoms with Gasteiger partial charge >= 0.3 is 0 Å². The number of rotatable bonds is 5. The van der Waals surface area contributed by atoms with Crippen molar-refractivity contribution < 1.29 is 4.79 Å². The molecule has 0 fully saturated rings. The number of carbonyl (C=O) groups excluding carboxylic acids is 1. The highest BCUT2D eigenvalue weighted by atomic mass is 35.5. The summed E-state index contributed by atoms with van der Waals surface area (Å²) in [6.07, 6.45) is 4.90. The molecule has 146 valence electrons. The summed E-state index contributed by atoms with van der Waals surface area (Å²) in [5, 5.41) is 4.65. The molecule has 4 rings (SSSR count). The number of carbonyl (C=O) groups is 1.